The minimum Gasteiger partial charge on any atom is -0.493 e. The van der Waals surface area contributed by atoms with Crippen LogP contribution >= 0.6 is 0 Å². The summed E-state index contributed by atoms with van der Waals surface area (Å²) in [5.41, 5.74) is 1.80. The summed E-state index contributed by atoms with van der Waals surface area (Å²) in [6.45, 7) is 10.3. The Kier molecular flexibility index (Phi) is 12.7. The van der Waals surface area contributed by atoms with Gasteiger partial charge in [-0.2, -0.15) is 0 Å². The topological polar surface area (TPSA) is 61.8 Å². The fourth-order valence-electron chi connectivity index (χ4n) is 4.33. The van der Waals surface area contributed by atoms with Crippen molar-refractivity contribution in [2.24, 2.45) is 5.92 Å². The molecule has 0 aromatic heterocycles. The third-order valence-electron chi connectivity index (χ3n) is 6.16. The molecule has 0 radical (unpaired) electrons. The van der Waals surface area contributed by atoms with Gasteiger partial charge in [0.1, 0.15) is 11.5 Å². The van der Waals surface area contributed by atoms with Crippen LogP contribution in [0.2, 0.25) is 0 Å². The van der Waals surface area contributed by atoms with Crippen molar-refractivity contribution in [2.75, 3.05) is 13.2 Å². The lowest BCUT2D eigenvalue weighted by atomic mass is 9.77. The van der Waals surface area contributed by atoms with Crippen molar-refractivity contribution >= 4 is 11.9 Å². The molecule has 0 heterocycles. The lowest BCUT2D eigenvalue weighted by molar-refractivity contribution is -0.137. The van der Waals surface area contributed by atoms with Crippen molar-refractivity contribution in [2.45, 2.75) is 71.6 Å². The van der Waals surface area contributed by atoms with E-state index < -0.39 is 11.9 Å². The highest BCUT2D eigenvalue weighted by Crippen LogP contribution is 2.37. The first-order valence-electron chi connectivity index (χ1n) is 12.9. The van der Waals surface area contributed by atoms with E-state index in [4.69, 9.17) is 14.2 Å². The summed E-state index contributed by atoms with van der Waals surface area (Å²) in [5.74, 6) is 1.86. The number of hydrogen-bond acceptors (Lipinski definition) is 5. The second-order valence-electron chi connectivity index (χ2n) is 8.56. The molecule has 0 saturated heterocycles. The van der Waals surface area contributed by atoms with Gasteiger partial charge in [-0.15, -0.1) is 0 Å². The van der Waals surface area contributed by atoms with Gasteiger partial charge in [0.15, 0.2) is 0 Å². The Morgan fingerprint density at radius 3 is 2.14 bits per heavy atom. The lowest BCUT2D eigenvalue weighted by Gasteiger charge is -2.28. The van der Waals surface area contributed by atoms with Crippen molar-refractivity contribution in [3.05, 3.63) is 72.3 Å². The Hall–Kier alpha value is -3.08. The van der Waals surface area contributed by atoms with Gasteiger partial charge in [-0.05, 0) is 79.5 Å². The minimum absolute atomic E-state index is 0.272. The molecule has 1 aliphatic carbocycles. The lowest BCUT2D eigenvalue weighted by Crippen LogP contribution is -2.13. The minimum atomic E-state index is -0.443. The number of hydrogen-bond donors (Lipinski definition) is 0. The second kappa shape index (κ2) is 15.8. The Balaban J connectivity index is 0.00000210. The molecule has 0 atom stereocenters. The summed E-state index contributed by atoms with van der Waals surface area (Å²) >= 11 is 0. The molecular weight excluding hydrogens is 440 g/mol. The van der Waals surface area contributed by atoms with E-state index in [0.29, 0.717) is 36.0 Å². The monoisotopic (exact) mass is 480 g/mol. The van der Waals surface area contributed by atoms with E-state index in [2.05, 4.69) is 25.6 Å². The maximum absolute atomic E-state index is 12.5. The van der Waals surface area contributed by atoms with Gasteiger partial charge in [0, 0.05) is 12.5 Å². The molecule has 5 nitrogen and oxygen atoms in total. The molecule has 0 bridgehead atoms. The first kappa shape index (κ1) is 28.2. The maximum Gasteiger partial charge on any atom is 0.343 e. The zero-order valence-electron chi connectivity index (χ0n) is 21.5. The predicted octanol–water partition coefficient (Wildman–Crippen LogP) is 7.50. The van der Waals surface area contributed by atoms with Crippen molar-refractivity contribution in [3.63, 3.8) is 0 Å². The van der Waals surface area contributed by atoms with Gasteiger partial charge in [-0.25, -0.2) is 9.59 Å². The van der Waals surface area contributed by atoms with Crippen LogP contribution in [0.1, 0.15) is 87.6 Å². The van der Waals surface area contributed by atoms with Crippen molar-refractivity contribution in [1.82, 2.24) is 0 Å². The third-order valence-corrected chi connectivity index (χ3v) is 6.16. The third kappa shape index (κ3) is 9.59. The van der Waals surface area contributed by atoms with Crippen molar-refractivity contribution in [1.29, 1.82) is 0 Å². The highest BCUT2D eigenvalue weighted by atomic mass is 16.5. The molecule has 190 valence electrons. The number of ether oxygens (including phenoxy) is 3. The summed E-state index contributed by atoms with van der Waals surface area (Å²) < 4.78 is 16.0. The molecule has 1 aliphatic rings. The molecule has 5 heteroatoms. The molecule has 0 spiro atoms. The van der Waals surface area contributed by atoms with Gasteiger partial charge in [0.25, 0.3) is 0 Å². The predicted molar refractivity (Wildman–Crippen MR) is 140 cm³/mol. The van der Waals surface area contributed by atoms with Crippen LogP contribution in [0.3, 0.4) is 0 Å². The van der Waals surface area contributed by atoms with Gasteiger partial charge in [-0.3, -0.25) is 0 Å². The smallest absolute Gasteiger partial charge is 0.343 e. The summed E-state index contributed by atoms with van der Waals surface area (Å²) in [7, 11) is 0. The molecule has 2 aromatic rings. The van der Waals surface area contributed by atoms with Gasteiger partial charge in [0.05, 0.1) is 18.8 Å². The number of esters is 2. The highest BCUT2D eigenvalue weighted by molar-refractivity contribution is 5.91. The summed E-state index contributed by atoms with van der Waals surface area (Å²) in [5, 5.41) is 0. The Labute approximate surface area is 210 Å². The van der Waals surface area contributed by atoms with E-state index in [9.17, 15) is 9.59 Å². The van der Waals surface area contributed by atoms with Gasteiger partial charge >= 0.3 is 11.9 Å². The van der Waals surface area contributed by atoms with Crippen LogP contribution in [0.15, 0.2) is 61.2 Å². The molecule has 1 saturated carbocycles. The average Bonchev–Trinajstić information content (AvgIpc) is 2.91. The summed E-state index contributed by atoms with van der Waals surface area (Å²) in [6.07, 6.45) is 9.46. The van der Waals surface area contributed by atoms with Gasteiger partial charge in [0.2, 0.25) is 0 Å². The zero-order valence-corrected chi connectivity index (χ0v) is 21.5. The largest absolute Gasteiger partial charge is 0.493 e. The van der Waals surface area contributed by atoms with E-state index in [1.54, 1.807) is 24.3 Å². The molecule has 1 fully saturated rings. The average molecular weight is 481 g/mol. The summed E-state index contributed by atoms with van der Waals surface area (Å²) in [4.78, 5) is 23.5. The molecule has 0 unspecified atom stereocenters. The van der Waals surface area contributed by atoms with Crippen LogP contribution in [0.25, 0.3) is 0 Å². The van der Waals surface area contributed by atoms with Crippen LogP contribution in [0.5, 0.6) is 11.5 Å². The summed E-state index contributed by atoms with van der Waals surface area (Å²) in [6, 6.07) is 14.8. The van der Waals surface area contributed by atoms with Crippen LogP contribution in [-0.4, -0.2) is 25.2 Å². The Morgan fingerprint density at radius 2 is 1.54 bits per heavy atom. The first-order chi connectivity index (χ1) is 17.1. The van der Waals surface area contributed by atoms with Crippen LogP contribution in [0.4, 0.5) is 0 Å². The molecule has 35 heavy (non-hydrogen) atoms. The molecular formula is C30H40O5. The Bertz CT molecular complexity index is 893. The number of carbonyl (C=O) groups excluding carboxylic acids is 2. The highest BCUT2D eigenvalue weighted by Gasteiger charge is 2.22. The SMILES string of the molecule is C=CC(=O)OCCCOc1ccc(C(=O)Oc2ccc(C3CCC(CCC)CC3)cc2)cc1.CC. The fourth-order valence-corrected chi connectivity index (χ4v) is 4.33. The zero-order chi connectivity index (χ0) is 25.5. The van der Waals surface area contributed by atoms with E-state index in [0.717, 1.165) is 12.0 Å². The number of rotatable bonds is 11. The number of carbonyl (C=O) groups is 2. The molecule has 0 amide bonds. The Morgan fingerprint density at radius 1 is 0.914 bits per heavy atom. The second-order valence-corrected chi connectivity index (χ2v) is 8.56. The van der Waals surface area contributed by atoms with Gasteiger partial charge in [-0.1, -0.05) is 52.3 Å². The van der Waals surface area contributed by atoms with E-state index in [1.807, 2.05) is 26.0 Å². The molecule has 0 N–H and O–H groups in total. The standard InChI is InChI=1S/C28H34O5.C2H6/c1-3-6-21-7-9-22(10-8-21)23-11-17-26(18-12-23)33-28(30)24-13-15-25(16-14-24)31-19-5-20-32-27(29)4-2;1-2/h4,11-18,21-22H,2-3,5-10,19-20H2,1H3;1-2H3. The van der Waals surface area contributed by atoms with E-state index in [1.165, 1.54) is 44.1 Å². The van der Waals surface area contributed by atoms with Crippen molar-refractivity contribution < 1.29 is 23.8 Å². The normalized spacial score (nSPS) is 16.9. The van der Waals surface area contributed by atoms with Gasteiger partial charge < -0.3 is 14.2 Å². The molecule has 3 rings (SSSR count). The quantitative estimate of drug-likeness (QED) is 0.144. The van der Waals surface area contributed by atoms with Crippen molar-refractivity contribution in [3.8, 4) is 11.5 Å². The van der Waals surface area contributed by atoms with Crippen LogP contribution in [0, 0.1) is 5.92 Å². The fraction of sp³-hybridized carbons (Fsp3) is 0.467. The van der Waals surface area contributed by atoms with E-state index >= 15 is 0 Å². The molecule has 0 aliphatic heterocycles. The van der Waals surface area contributed by atoms with E-state index in [-0.39, 0.29) is 6.61 Å². The van der Waals surface area contributed by atoms with Crippen LogP contribution < -0.4 is 9.47 Å². The number of benzene rings is 2. The maximum atomic E-state index is 12.5. The van der Waals surface area contributed by atoms with Crippen LogP contribution in [-0.2, 0) is 9.53 Å². The first-order valence-corrected chi connectivity index (χ1v) is 12.9. The molecule has 2 aromatic carbocycles.